The van der Waals surface area contributed by atoms with Crippen LogP contribution >= 0.6 is 46.6 Å². The van der Waals surface area contributed by atoms with Gasteiger partial charge in [0.05, 0.1) is 15.4 Å². The minimum absolute atomic E-state index is 0.0806. The minimum Gasteiger partial charge on any atom is -0.489 e. The number of rotatable bonds is 5. The molecule has 2 unspecified atom stereocenters. The van der Waals surface area contributed by atoms with Crippen LogP contribution in [0.15, 0.2) is 36.4 Å². The van der Waals surface area contributed by atoms with E-state index in [9.17, 15) is 4.79 Å². The van der Waals surface area contributed by atoms with Crippen LogP contribution in [0, 0.1) is 0 Å². The van der Waals surface area contributed by atoms with Crippen molar-refractivity contribution in [3.63, 3.8) is 0 Å². The maximum absolute atomic E-state index is 11.1. The van der Waals surface area contributed by atoms with Crippen LogP contribution in [0.2, 0.25) is 15.1 Å². The first kappa shape index (κ1) is 18.7. The lowest BCUT2D eigenvalue weighted by Crippen LogP contribution is -2.33. The molecule has 1 heterocycles. The highest BCUT2D eigenvalue weighted by Crippen LogP contribution is 2.35. The maximum Gasteiger partial charge on any atom is 0.321 e. The molecule has 0 radical (unpaired) electrons. The van der Waals surface area contributed by atoms with Gasteiger partial charge < -0.3 is 9.84 Å². The van der Waals surface area contributed by atoms with Crippen LogP contribution in [0.1, 0.15) is 16.5 Å². The van der Waals surface area contributed by atoms with Crippen LogP contribution in [0.4, 0.5) is 0 Å². The number of benzene rings is 2. The number of hydrogen-bond donors (Lipinski definition) is 2. The van der Waals surface area contributed by atoms with Crippen molar-refractivity contribution in [3.05, 3.63) is 62.6 Å². The second kappa shape index (κ2) is 8.06. The van der Waals surface area contributed by atoms with Gasteiger partial charge in [0.1, 0.15) is 18.4 Å². The second-order valence-electron chi connectivity index (χ2n) is 5.45. The van der Waals surface area contributed by atoms with Gasteiger partial charge >= 0.3 is 5.97 Å². The molecule has 2 aromatic carbocycles. The Morgan fingerprint density at radius 1 is 1.24 bits per heavy atom. The number of carboxylic acids is 1. The van der Waals surface area contributed by atoms with Gasteiger partial charge in [-0.3, -0.25) is 10.1 Å². The summed E-state index contributed by atoms with van der Waals surface area (Å²) < 4.78 is 5.80. The SMILES string of the molecule is O=C(O)C1CSC(c2cccc(OCc3c(Cl)ccc(Cl)c3Cl)c2)N1. The zero-order chi connectivity index (χ0) is 18.0. The van der Waals surface area contributed by atoms with Crippen LogP contribution in [0.5, 0.6) is 5.75 Å². The highest BCUT2D eigenvalue weighted by molar-refractivity contribution is 7.99. The van der Waals surface area contributed by atoms with Crippen molar-refractivity contribution in [3.8, 4) is 5.75 Å². The highest BCUT2D eigenvalue weighted by atomic mass is 35.5. The normalized spacial score (nSPS) is 19.8. The fourth-order valence-corrected chi connectivity index (χ4v) is 4.31. The van der Waals surface area contributed by atoms with Crippen molar-refractivity contribution in [2.45, 2.75) is 18.0 Å². The average Bonchev–Trinajstić information content (AvgIpc) is 3.09. The first-order valence-electron chi connectivity index (χ1n) is 7.41. The molecule has 0 spiro atoms. The molecule has 1 saturated heterocycles. The number of carbonyl (C=O) groups is 1. The molecule has 2 N–H and O–H groups in total. The first-order valence-corrected chi connectivity index (χ1v) is 9.59. The average molecular weight is 419 g/mol. The fourth-order valence-electron chi connectivity index (χ4n) is 2.43. The predicted molar refractivity (Wildman–Crippen MR) is 102 cm³/mol. The van der Waals surface area contributed by atoms with E-state index in [2.05, 4.69) is 5.32 Å². The molecule has 2 atom stereocenters. The van der Waals surface area contributed by atoms with Crippen molar-refractivity contribution < 1.29 is 14.6 Å². The standard InChI is InChI=1S/C17H14Cl3NO3S/c18-12-4-5-13(19)15(20)11(12)7-24-10-3-1-2-9(6-10)16-21-14(8-25-16)17(22)23/h1-6,14,16,21H,7-8H2,(H,22,23). The van der Waals surface area contributed by atoms with E-state index in [4.69, 9.17) is 44.6 Å². The first-order chi connectivity index (χ1) is 12.0. The molecule has 0 aliphatic carbocycles. The summed E-state index contributed by atoms with van der Waals surface area (Å²) in [7, 11) is 0. The summed E-state index contributed by atoms with van der Waals surface area (Å²) in [5.41, 5.74) is 1.58. The van der Waals surface area contributed by atoms with Crippen LogP contribution in [0.3, 0.4) is 0 Å². The molecule has 0 saturated carbocycles. The summed E-state index contributed by atoms with van der Waals surface area (Å²) in [6.07, 6.45) is 0. The fraction of sp³-hybridized carbons (Fsp3) is 0.235. The van der Waals surface area contributed by atoms with E-state index in [0.717, 1.165) is 5.56 Å². The van der Waals surface area contributed by atoms with Gasteiger partial charge in [0.25, 0.3) is 0 Å². The van der Waals surface area contributed by atoms with Crippen molar-refractivity contribution in [2.75, 3.05) is 5.75 Å². The van der Waals surface area contributed by atoms with Gasteiger partial charge in [-0.1, -0.05) is 46.9 Å². The third kappa shape index (κ3) is 4.36. The van der Waals surface area contributed by atoms with Gasteiger partial charge in [0.15, 0.2) is 0 Å². The number of thioether (sulfide) groups is 1. The molecule has 2 aromatic rings. The van der Waals surface area contributed by atoms with E-state index in [0.29, 0.717) is 32.1 Å². The molecular weight excluding hydrogens is 405 g/mol. The van der Waals surface area contributed by atoms with Crippen LogP contribution < -0.4 is 10.1 Å². The molecule has 1 aliphatic heterocycles. The van der Waals surface area contributed by atoms with E-state index in [-0.39, 0.29) is 12.0 Å². The van der Waals surface area contributed by atoms with Crippen molar-refractivity contribution in [1.29, 1.82) is 0 Å². The monoisotopic (exact) mass is 417 g/mol. The molecule has 8 heteroatoms. The van der Waals surface area contributed by atoms with Gasteiger partial charge in [0.2, 0.25) is 0 Å². The summed E-state index contributed by atoms with van der Waals surface area (Å²) in [5, 5.41) is 13.4. The third-order valence-electron chi connectivity index (χ3n) is 3.76. The Labute approximate surface area is 164 Å². The molecule has 25 heavy (non-hydrogen) atoms. The van der Waals surface area contributed by atoms with Gasteiger partial charge in [-0.15, -0.1) is 11.8 Å². The lowest BCUT2D eigenvalue weighted by atomic mass is 10.2. The van der Waals surface area contributed by atoms with Crippen molar-refractivity contribution >= 4 is 52.5 Å². The van der Waals surface area contributed by atoms with Gasteiger partial charge in [-0.05, 0) is 29.8 Å². The number of halogens is 3. The molecular formula is C17H14Cl3NO3S. The Morgan fingerprint density at radius 2 is 2.00 bits per heavy atom. The Bertz CT molecular complexity index is 803. The van der Waals surface area contributed by atoms with Gasteiger partial charge in [0, 0.05) is 16.3 Å². The quantitative estimate of drug-likeness (QED) is 0.668. The Kier molecular flexibility index (Phi) is 6.02. The molecule has 3 rings (SSSR count). The molecule has 4 nitrogen and oxygen atoms in total. The van der Waals surface area contributed by atoms with Crippen LogP contribution in [-0.4, -0.2) is 22.9 Å². The number of aliphatic carboxylic acids is 1. The zero-order valence-electron chi connectivity index (χ0n) is 12.8. The molecule has 0 bridgehead atoms. The molecule has 1 fully saturated rings. The smallest absolute Gasteiger partial charge is 0.321 e. The van der Waals surface area contributed by atoms with E-state index >= 15 is 0 Å². The Hall–Kier alpha value is -1.11. The second-order valence-corrected chi connectivity index (χ2v) is 7.78. The summed E-state index contributed by atoms with van der Waals surface area (Å²) in [5.74, 6) is 0.331. The molecule has 0 aromatic heterocycles. The van der Waals surface area contributed by atoms with E-state index in [1.54, 1.807) is 23.9 Å². The number of carboxylic acid groups (broad SMARTS) is 1. The van der Waals surface area contributed by atoms with Crippen LogP contribution in [-0.2, 0) is 11.4 Å². The molecule has 132 valence electrons. The lowest BCUT2D eigenvalue weighted by Gasteiger charge is -2.14. The summed E-state index contributed by atoms with van der Waals surface area (Å²) in [6, 6.07) is 10.3. The van der Waals surface area contributed by atoms with E-state index in [1.165, 1.54) is 0 Å². The van der Waals surface area contributed by atoms with Crippen molar-refractivity contribution in [1.82, 2.24) is 5.32 Å². The largest absolute Gasteiger partial charge is 0.489 e. The predicted octanol–water partition coefficient (Wildman–Crippen LogP) is 5.01. The summed E-state index contributed by atoms with van der Waals surface area (Å²) in [6.45, 7) is 0.185. The number of nitrogens with one attached hydrogen (secondary N) is 1. The summed E-state index contributed by atoms with van der Waals surface area (Å²) in [4.78, 5) is 11.1. The third-order valence-corrected chi connectivity index (χ3v) is 6.23. The highest BCUT2D eigenvalue weighted by Gasteiger charge is 2.30. The van der Waals surface area contributed by atoms with E-state index < -0.39 is 12.0 Å². The van der Waals surface area contributed by atoms with E-state index in [1.807, 2.05) is 24.3 Å². The number of ether oxygens (including phenoxy) is 1. The van der Waals surface area contributed by atoms with Gasteiger partial charge in [-0.25, -0.2) is 0 Å². The number of hydrogen-bond acceptors (Lipinski definition) is 4. The van der Waals surface area contributed by atoms with Crippen molar-refractivity contribution in [2.24, 2.45) is 0 Å². The topological polar surface area (TPSA) is 58.6 Å². The molecule has 0 amide bonds. The lowest BCUT2D eigenvalue weighted by molar-refractivity contribution is -0.138. The summed E-state index contributed by atoms with van der Waals surface area (Å²) >= 11 is 19.9. The maximum atomic E-state index is 11.1. The minimum atomic E-state index is -0.840. The zero-order valence-corrected chi connectivity index (χ0v) is 15.9. The van der Waals surface area contributed by atoms with Gasteiger partial charge in [-0.2, -0.15) is 0 Å². The Balaban J connectivity index is 1.71. The Morgan fingerprint density at radius 3 is 2.72 bits per heavy atom. The van der Waals surface area contributed by atoms with Crippen LogP contribution in [0.25, 0.3) is 0 Å². The molecule has 1 aliphatic rings.